The van der Waals surface area contributed by atoms with Crippen LogP contribution in [0.3, 0.4) is 0 Å². The van der Waals surface area contributed by atoms with Crippen LogP contribution in [0.15, 0.2) is 23.2 Å². The van der Waals surface area contributed by atoms with Crippen molar-refractivity contribution in [3.63, 3.8) is 0 Å². The molecule has 0 aliphatic heterocycles. The number of rotatable bonds is 5. The Morgan fingerprint density at radius 2 is 2.10 bits per heavy atom. The summed E-state index contributed by atoms with van der Waals surface area (Å²) in [7, 11) is -0.340. The summed E-state index contributed by atoms with van der Waals surface area (Å²) in [6.07, 6.45) is 4.93. The fourth-order valence-corrected chi connectivity index (χ4v) is 3.51. The van der Waals surface area contributed by atoms with E-state index in [-0.39, 0.29) is 4.90 Å². The largest absolute Gasteiger partial charge is 0.367 e. The summed E-state index contributed by atoms with van der Waals surface area (Å²) in [4.78, 5) is 4.49. The van der Waals surface area contributed by atoms with Crippen LogP contribution in [0.4, 0.5) is 5.82 Å². The molecule has 0 spiro atoms. The summed E-state index contributed by atoms with van der Waals surface area (Å²) in [5, 5.41) is 3.33. The van der Waals surface area contributed by atoms with Crippen LogP contribution in [0.5, 0.6) is 0 Å². The van der Waals surface area contributed by atoms with Crippen molar-refractivity contribution in [3.8, 4) is 0 Å². The van der Waals surface area contributed by atoms with Crippen molar-refractivity contribution < 1.29 is 8.42 Å². The molecule has 1 heterocycles. The standard InChI is InChI=1S/C14H23N3O2S/c1-5-14(2)9-11(10-14)16-13-8-12(6-7-15-13)20(18,19)17(3)4/h6-8,11H,5,9-10H2,1-4H3,(H,15,16). The fraction of sp³-hybridized carbons (Fsp3) is 0.643. The molecule has 1 fully saturated rings. The number of hydrogen-bond donors (Lipinski definition) is 1. The first kappa shape index (κ1) is 15.3. The molecule has 1 aromatic heterocycles. The van der Waals surface area contributed by atoms with E-state index < -0.39 is 10.0 Å². The highest BCUT2D eigenvalue weighted by Crippen LogP contribution is 2.44. The molecule has 1 N–H and O–H groups in total. The van der Waals surface area contributed by atoms with Crippen molar-refractivity contribution in [1.29, 1.82) is 0 Å². The Labute approximate surface area is 121 Å². The molecule has 20 heavy (non-hydrogen) atoms. The molecule has 2 rings (SSSR count). The zero-order valence-electron chi connectivity index (χ0n) is 12.5. The lowest BCUT2D eigenvalue weighted by Gasteiger charge is -2.45. The quantitative estimate of drug-likeness (QED) is 0.906. The third-order valence-corrected chi connectivity index (χ3v) is 6.01. The summed E-state index contributed by atoms with van der Waals surface area (Å²) in [5.74, 6) is 0.635. The van der Waals surface area contributed by atoms with Crippen LogP contribution in [0.1, 0.15) is 33.1 Å². The lowest BCUT2D eigenvalue weighted by Crippen LogP contribution is -2.43. The van der Waals surface area contributed by atoms with Crippen LogP contribution in [-0.2, 0) is 10.0 Å². The highest BCUT2D eigenvalue weighted by atomic mass is 32.2. The van der Waals surface area contributed by atoms with Crippen LogP contribution in [0, 0.1) is 5.41 Å². The molecule has 1 saturated carbocycles. The molecule has 1 aliphatic carbocycles. The number of aromatic nitrogens is 1. The first-order valence-corrected chi connectivity index (χ1v) is 8.36. The van der Waals surface area contributed by atoms with Crippen LogP contribution in [-0.4, -0.2) is 37.8 Å². The smallest absolute Gasteiger partial charge is 0.242 e. The van der Waals surface area contributed by atoms with E-state index in [4.69, 9.17) is 0 Å². The molecule has 0 amide bonds. The van der Waals surface area contributed by atoms with Gasteiger partial charge in [-0.25, -0.2) is 17.7 Å². The molecule has 0 atom stereocenters. The summed E-state index contributed by atoms with van der Waals surface area (Å²) in [6, 6.07) is 3.53. The molecular weight excluding hydrogens is 274 g/mol. The van der Waals surface area contributed by atoms with Crippen LogP contribution >= 0.6 is 0 Å². The Hall–Kier alpha value is -1.14. The normalized spacial score (nSPS) is 26.4. The van der Waals surface area contributed by atoms with E-state index in [1.807, 2.05) is 0 Å². The van der Waals surface area contributed by atoms with E-state index in [0.717, 1.165) is 12.8 Å². The molecule has 112 valence electrons. The third kappa shape index (κ3) is 2.96. The number of nitrogens with one attached hydrogen (secondary N) is 1. The lowest BCUT2D eigenvalue weighted by atomic mass is 9.65. The topological polar surface area (TPSA) is 62.3 Å². The van der Waals surface area contributed by atoms with E-state index in [1.54, 1.807) is 6.07 Å². The Balaban J connectivity index is 2.09. The van der Waals surface area contributed by atoms with Crippen LogP contribution in [0.25, 0.3) is 0 Å². The maximum Gasteiger partial charge on any atom is 0.242 e. The maximum atomic E-state index is 12.1. The Morgan fingerprint density at radius 1 is 1.45 bits per heavy atom. The van der Waals surface area contributed by atoms with Crippen molar-refractivity contribution in [2.75, 3.05) is 19.4 Å². The van der Waals surface area contributed by atoms with Gasteiger partial charge in [0.15, 0.2) is 0 Å². The summed E-state index contributed by atoms with van der Waals surface area (Å²) in [5.41, 5.74) is 0.422. The van der Waals surface area contributed by atoms with Gasteiger partial charge in [0, 0.05) is 32.4 Å². The SMILES string of the molecule is CCC1(C)CC(Nc2cc(S(=O)(=O)N(C)C)ccn2)C1. The lowest BCUT2D eigenvalue weighted by molar-refractivity contribution is 0.134. The van der Waals surface area contributed by atoms with Gasteiger partial charge in [-0.05, 0) is 24.3 Å². The molecule has 0 bridgehead atoms. The molecule has 0 radical (unpaired) electrons. The minimum atomic E-state index is -3.40. The average Bonchev–Trinajstić information content (AvgIpc) is 2.37. The molecule has 0 aromatic carbocycles. The van der Waals surface area contributed by atoms with E-state index in [0.29, 0.717) is 17.3 Å². The van der Waals surface area contributed by atoms with Gasteiger partial charge < -0.3 is 5.32 Å². The van der Waals surface area contributed by atoms with Crippen LogP contribution in [0.2, 0.25) is 0 Å². The average molecular weight is 297 g/mol. The first-order valence-electron chi connectivity index (χ1n) is 6.92. The highest BCUT2D eigenvalue weighted by Gasteiger charge is 2.38. The van der Waals surface area contributed by atoms with Gasteiger partial charge in [0.2, 0.25) is 10.0 Å². The van der Waals surface area contributed by atoms with Gasteiger partial charge in [-0.1, -0.05) is 20.3 Å². The van der Waals surface area contributed by atoms with E-state index in [1.165, 1.54) is 37.1 Å². The number of nitrogens with zero attached hydrogens (tertiary/aromatic N) is 2. The summed E-state index contributed by atoms with van der Waals surface area (Å²) < 4.78 is 25.4. The van der Waals surface area contributed by atoms with Crippen molar-refractivity contribution in [2.45, 2.75) is 44.0 Å². The second kappa shape index (κ2) is 5.33. The Bertz CT molecular complexity index is 578. The monoisotopic (exact) mass is 297 g/mol. The van der Waals surface area contributed by atoms with Gasteiger partial charge in [0.25, 0.3) is 0 Å². The van der Waals surface area contributed by atoms with Gasteiger partial charge in [-0.2, -0.15) is 0 Å². The molecular formula is C14H23N3O2S. The van der Waals surface area contributed by atoms with E-state index in [2.05, 4.69) is 24.1 Å². The Kier molecular flexibility index (Phi) is 4.07. The molecule has 0 unspecified atom stereocenters. The predicted octanol–water partition coefficient (Wildman–Crippen LogP) is 2.32. The van der Waals surface area contributed by atoms with Gasteiger partial charge in [-0.15, -0.1) is 0 Å². The van der Waals surface area contributed by atoms with E-state index in [9.17, 15) is 8.42 Å². The van der Waals surface area contributed by atoms with E-state index >= 15 is 0 Å². The van der Waals surface area contributed by atoms with Gasteiger partial charge in [-0.3, -0.25) is 0 Å². The van der Waals surface area contributed by atoms with Gasteiger partial charge in [0.1, 0.15) is 5.82 Å². The fourth-order valence-electron chi connectivity index (χ4n) is 2.59. The first-order chi connectivity index (χ1) is 9.27. The number of anilines is 1. The van der Waals surface area contributed by atoms with Crippen LogP contribution < -0.4 is 5.32 Å². The Morgan fingerprint density at radius 3 is 2.65 bits per heavy atom. The number of hydrogen-bond acceptors (Lipinski definition) is 4. The molecule has 1 aromatic rings. The minimum absolute atomic E-state index is 0.276. The second-order valence-corrected chi connectivity index (χ2v) is 8.23. The minimum Gasteiger partial charge on any atom is -0.367 e. The molecule has 6 heteroatoms. The third-order valence-electron chi connectivity index (χ3n) is 4.19. The number of pyridine rings is 1. The van der Waals surface area contributed by atoms with Gasteiger partial charge >= 0.3 is 0 Å². The molecule has 0 saturated heterocycles. The van der Waals surface area contributed by atoms with Crippen molar-refractivity contribution in [1.82, 2.24) is 9.29 Å². The second-order valence-electron chi connectivity index (χ2n) is 6.08. The van der Waals surface area contributed by atoms with Crippen molar-refractivity contribution >= 4 is 15.8 Å². The summed E-state index contributed by atoms with van der Waals surface area (Å²) in [6.45, 7) is 4.49. The predicted molar refractivity (Wildman–Crippen MR) is 80.2 cm³/mol. The zero-order chi connectivity index (χ0) is 15.0. The highest BCUT2D eigenvalue weighted by molar-refractivity contribution is 7.89. The molecule has 1 aliphatic rings. The van der Waals surface area contributed by atoms with Crippen molar-refractivity contribution in [3.05, 3.63) is 18.3 Å². The molecule has 5 nitrogen and oxygen atoms in total. The maximum absolute atomic E-state index is 12.1. The number of sulfonamides is 1. The zero-order valence-corrected chi connectivity index (χ0v) is 13.4. The summed E-state index contributed by atoms with van der Waals surface area (Å²) >= 11 is 0. The van der Waals surface area contributed by atoms with Gasteiger partial charge in [0.05, 0.1) is 4.90 Å². The van der Waals surface area contributed by atoms with Crippen molar-refractivity contribution in [2.24, 2.45) is 5.41 Å².